The summed E-state index contributed by atoms with van der Waals surface area (Å²) in [6.45, 7) is 6.20. The van der Waals surface area contributed by atoms with Crippen LogP contribution < -0.4 is 10.1 Å². The summed E-state index contributed by atoms with van der Waals surface area (Å²) in [5.74, 6) is 1.46. The Morgan fingerprint density at radius 3 is 2.87 bits per heavy atom. The van der Waals surface area contributed by atoms with Crippen molar-refractivity contribution in [1.29, 1.82) is 0 Å². The van der Waals surface area contributed by atoms with Crippen LogP contribution in [0.2, 0.25) is 0 Å². The Kier molecular flexibility index (Phi) is 4.61. The molecule has 1 N–H and O–H groups in total. The van der Waals surface area contributed by atoms with Crippen molar-refractivity contribution in [2.45, 2.75) is 45.4 Å². The quantitative estimate of drug-likeness (QED) is 0.873. The third kappa shape index (κ3) is 4.07. The average Bonchev–Trinajstić information content (AvgIpc) is 3.25. The van der Waals surface area contributed by atoms with E-state index < -0.39 is 0 Å². The number of aryl methyl sites for hydroxylation is 1. The molecule has 3 rings (SSSR count). The van der Waals surface area contributed by atoms with E-state index in [0.29, 0.717) is 17.0 Å². The van der Waals surface area contributed by atoms with E-state index in [1.165, 1.54) is 24.2 Å². The molecule has 6 heteroatoms. The van der Waals surface area contributed by atoms with Crippen molar-refractivity contribution in [3.05, 3.63) is 34.3 Å². The molecule has 5 nitrogen and oxygen atoms in total. The molecular formula is C17H21N3O2S. The third-order valence-electron chi connectivity index (χ3n) is 3.76. The zero-order valence-electron chi connectivity index (χ0n) is 13.6. The molecule has 0 saturated heterocycles. The van der Waals surface area contributed by atoms with E-state index in [1.54, 1.807) is 0 Å². The van der Waals surface area contributed by atoms with Gasteiger partial charge < -0.3 is 4.74 Å². The molecule has 23 heavy (non-hydrogen) atoms. The Bertz CT molecular complexity index is 708. The smallest absolute Gasteiger partial charge is 0.264 e. The fourth-order valence-electron chi connectivity index (χ4n) is 2.32. The average molecular weight is 331 g/mol. The first-order chi connectivity index (χ1) is 11.0. The van der Waals surface area contributed by atoms with Crippen LogP contribution in [0.1, 0.15) is 54.7 Å². The molecule has 1 aliphatic rings. The van der Waals surface area contributed by atoms with E-state index in [1.807, 2.05) is 13.0 Å². The summed E-state index contributed by atoms with van der Waals surface area (Å²) in [5, 5.41) is 12.4. The number of ether oxygens (including phenoxy) is 1. The number of nitrogens with one attached hydrogen (secondary N) is 1. The zero-order chi connectivity index (χ0) is 16.4. The Morgan fingerprint density at radius 2 is 2.17 bits per heavy atom. The number of aromatic nitrogens is 2. The molecule has 1 aromatic heterocycles. The SMILES string of the molecule is Cc1ccc(C(C)C)c(OCC(=O)Nc2nnc(C3CC3)s2)c1. The minimum atomic E-state index is -0.209. The van der Waals surface area contributed by atoms with Crippen LogP contribution in [0.15, 0.2) is 18.2 Å². The molecule has 2 aromatic rings. The summed E-state index contributed by atoms with van der Waals surface area (Å²) < 4.78 is 5.72. The summed E-state index contributed by atoms with van der Waals surface area (Å²) in [4.78, 5) is 12.0. The number of nitrogens with zero attached hydrogens (tertiary/aromatic N) is 2. The molecule has 1 heterocycles. The molecule has 0 atom stereocenters. The van der Waals surface area contributed by atoms with E-state index in [9.17, 15) is 4.79 Å². The highest BCUT2D eigenvalue weighted by molar-refractivity contribution is 7.15. The van der Waals surface area contributed by atoms with Gasteiger partial charge in [-0.1, -0.05) is 37.3 Å². The maximum Gasteiger partial charge on any atom is 0.264 e. The first-order valence-corrected chi connectivity index (χ1v) is 8.71. The normalized spacial score (nSPS) is 14.1. The highest BCUT2D eigenvalue weighted by Gasteiger charge is 2.27. The molecule has 1 aromatic carbocycles. The zero-order valence-corrected chi connectivity index (χ0v) is 14.4. The van der Waals surface area contributed by atoms with Crippen LogP contribution in [0, 0.1) is 6.92 Å². The van der Waals surface area contributed by atoms with Crippen LogP contribution in [0.5, 0.6) is 5.75 Å². The van der Waals surface area contributed by atoms with Gasteiger partial charge in [-0.3, -0.25) is 10.1 Å². The summed E-state index contributed by atoms with van der Waals surface area (Å²) in [5.41, 5.74) is 2.22. The van der Waals surface area contributed by atoms with Gasteiger partial charge in [0.1, 0.15) is 10.8 Å². The molecule has 0 radical (unpaired) electrons. The number of hydrogen-bond acceptors (Lipinski definition) is 5. The highest BCUT2D eigenvalue weighted by atomic mass is 32.1. The first kappa shape index (κ1) is 15.9. The number of carbonyl (C=O) groups is 1. The molecule has 1 saturated carbocycles. The number of amides is 1. The van der Waals surface area contributed by atoms with Crippen molar-refractivity contribution in [2.24, 2.45) is 0 Å². The van der Waals surface area contributed by atoms with Crippen molar-refractivity contribution in [3.8, 4) is 5.75 Å². The van der Waals surface area contributed by atoms with Gasteiger partial charge in [0.25, 0.3) is 5.91 Å². The lowest BCUT2D eigenvalue weighted by Gasteiger charge is -2.14. The number of anilines is 1. The van der Waals surface area contributed by atoms with Gasteiger partial charge in [-0.25, -0.2) is 0 Å². The second-order valence-electron chi connectivity index (χ2n) is 6.25. The number of rotatable bonds is 6. The number of carbonyl (C=O) groups excluding carboxylic acids is 1. The maximum atomic E-state index is 12.0. The number of benzene rings is 1. The molecule has 1 aliphatic carbocycles. The first-order valence-electron chi connectivity index (χ1n) is 7.89. The largest absolute Gasteiger partial charge is 0.483 e. The second kappa shape index (κ2) is 6.66. The van der Waals surface area contributed by atoms with E-state index in [2.05, 4.69) is 41.5 Å². The van der Waals surface area contributed by atoms with Crippen molar-refractivity contribution in [3.63, 3.8) is 0 Å². The standard InChI is InChI=1S/C17H21N3O2S/c1-10(2)13-7-4-11(3)8-14(13)22-9-15(21)18-17-20-19-16(23-17)12-5-6-12/h4,7-8,10,12H,5-6,9H2,1-3H3,(H,18,20,21). The minimum Gasteiger partial charge on any atom is -0.483 e. The molecule has 0 aliphatic heterocycles. The minimum absolute atomic E-state index is 0.0263. The van der Waals surface area contributed by atoms with Gasteiger partial charge in [0, 0.05) is 5.92 Å². The fraction of sp³-hybridized carbons (Fsp3) is 0.471. The topological polar surface area (TPSA) is 64.1 Å². The lowest BCUT2D eigenvalue weighted by atomic mass is 10.0. The van der Waals surface area contributed by atoms with E-state index in [0.717, 1.165) is 21.9 Å². The van der Waals surface area contributed by atoms with Crippen LogP contribution >= 0.6 is 11.3 Å². The van der Waals surface area contributed by atoms with Gasteiger partial charge in [0.05, 0.1) is 0 Å². The van der Waals surface area contributed by atoms with E-state index >= 15 is 0 Å². The summed E-state index contributed by atoms with van der Waals surface area (Å²) >= 11 is 1.45. The molecule has 0 bridgehead atoms. The Balaban J connectivity index is 1.58. The number of hydrogen-bond donors (Lipinski definition) is 1. The Morgan fingerprint density at radius 1 is 1.39 bits per heavy atom. The molecule has 1 amide bonds. The van der Waals surface area contributed by atoms with Crippen molar-refractivity contribution in [1.82, 2.24) is 10.2 Å². The lowest BCUT2D eigenvalue weighted by Crippen LogP contribution is -2.20. The summed E-state index contributed by atoms with van der Waals surface area (Å²) in [6.07, 6.45) is 2.36. The van der Waals surface area contributed by atoms with Crippen LogP contribution in [0.3, 0.4) is 0 Å². The van der Waals surface area contributed by atoms with Gasteiger partial charge in [0.15, 0.2) is 6.61 Å². The van der Waals surface area contributed by atoms with Crippen LogP contribution in [0.25, 0.3) is 0 Å². The van der Waals surface area contributed by atoms with Crippen molar-refractivity contribution in [2.75, 3.05) is 11.9 Å². The summed E-state index contributed by atoms with van der Waals surface area (Å²) in [7, 11) is 0. The molecular weight excluding hydrogens is 310 g/mol. The molecule has 0 spiro atoms. The Hall–Kier alpha value is -1.95. The predicted molar refractivity (Wildman–Crippen MR) is 91.3 cm³/mol. The van der Waals surface area contributed by atoms with Gasteiger partial charge in [0.2, 0.25) is 5.13 Å². The predicted octanol–water partition coefficient (Wildman–Crippen LogP) is 3.86. The van der Waals surface area contributed by atoms with Crippen molar-refractivity contribution < 1.29 is 9.53 Å². The second-order valence-corrected chi connectivity index (χ2v) is 7.26. The van der Waals surface area contributed by atoms with Gasteiger partial charge in [-0.15, -0.1) is 10.2 Å². The molecule has 1 fully saturated rings. The maximum absolute atomic E-state index is 12.0. The van der Waals surface area contributed by atoms with Gasteiger partial charge in [-0.2, -0.15) is 0 Å². The highest BCUT2D eigenvalue weighted by Crippen LogP contribution is 2.42. The fourth-order valence-corrected chi connectivity index (χ4v) is 3.25. The van der Waals surface area contributed by atoms with E-state index in [4.69, 9.17) is 4.74 Å². The Labute approximate surface area is 140 Å². The molecule has 0 unspecified atom stereocenters. The lowest BCUT2D eigenvalue weighted by molar-refractivity contribution is -0.118. The van der Waals surface area contributed by atoms with Crippen LogP contribution in [0.4, 0.5) is 5.13 Å². The van der Waals surface area contributed by atoms with Crippen LogP contribution in [-0.2, 0) is 4.79 Å². The van der Waals surface area contributed by atoms with Crippen LogP contribution in [-0.4, -0.2) is 22.7 Å². The van der Waals surface area contributed by atoms with Gasteiger partial charge >= 0.3 is 0 Å². The monoisotopic (exact) mass is 331 g/mol. The summed E-state index contributed by atoms with van der Waals surface area (Å²) in [6, 6.07) is 6.08. The van der Waals surface area contributed by atoms with E-state index in [-0.39, 0.29) is 12.5 Å². The van der Waals surface area contributed by atoms with Crippen molar-refractivity contribution >= 4 is 22.4 Å². The third-order valence-corrected chi connectivity index (χ3v) is 4.76. The van der Waals surface area contributed by atoms with Gasteiger partial charge in [-0.05, 0) is 42.9 Å². The molecule has 122 valence electrons.